The summed E-state index contributed by atoms with van der Waals surface area (Å²) >= 11 is 0. The molecule has 106 valence electrons. The number of carbonyl (C=O) groups excluding carboxylic acids is 1. The zero-order valence-electron chi connectivity index (χ0n) is 10.5. The standard InChI is InChI=1S/C10H14F3N5O/c1-18(2)8(19)3-4-15-7-5-6(10(11,12)13)16-9(14)17-7/h5H,3-4H2,1-2H3,(H3,14,15,16,17). The number of carbonyl (C=O) groups is 1. The maximum Gasteiger partial charge on any atom is 0.433 e. The molecule has 0 bridgehead atoms. The number of amides is 1. The molecule has 0 aliphatic heterocycles. The van der Waals surface area contributed by atoms with Gasteiger partial charge >= 0.3 is 6.18 Å². The van der Waals surface area contributed by atoms with Crippen LogP contribution in [0.5, 0.6) is 0 Å². The van der Waals surface area contributed by atoms with Crippen LogP contribution in [0.1, 0.15) is 12.1 Å². The highest BCUT2D eigenvalue weighted by Gasteiger charge is 2.33. The zero-order chi connectivity index (χ0) is 14.6. The molecule has 1 heterocycles. The van der Waals surface area contributed by atoms with Gasteiger partial charge in [0, 0.05) is 33.1 Å². The van der Waals surface area contributed by atoms with Gasteiger partial charge in [-0.25, -0.2) is 4.98 Å². The first-order valence-electron chi connectivity index (χ1n) is 5.36. The van der Waals surface area contributed by atoms with E-state index in [0.29, 0.717) is 0 Å². The maximum atomic E-state index is 12.5. The quantitative estimate of drug-likeness (QED) is 0.856. The second-order valence-corrected chi connectivity index (χ2v) is 3.96. The molecule has 1 amide bonds. The lowest BCUT2D eigenvalue weighted by Gasteiger charge is -2.12. The molecule has 0 unspecified atom stereocenters. The number of aromatic nitrogens is 2. The summed E-state index contributed by atoms with van der Waals surface area (Å²) in [7, 11) is 3.18. The Kier molecular flexibility index (Phi) is 4.52. The second-order valence-electron chi connectivity index (χ2n) is 3.96. The van der Waals surface area contributed by atoms with Crippen molar-refractivity contribution in [2.45, 2.75) is 12.6 Å². The minimum atomic E-state index is -4.59. The van der Waals surface area contributed by atoms with Crippen LogP contribution in [-0.4, -0.2) is 41.4 Å². The number of nitrogen functional groups attached to an aromatic ring is 1. The fourth-order valence-corrected chi connectivity index (χ4v) is 1.22. The molecule has 19 heavy (non-hydrogen) atoms. The van der Waals surface area contributed by atoms with Gasteiger partial charge in [-0.15, -0.1) is 0 Å². The lowest BCUT2D eigenvalue weighted by atomic mass is 10.3. The molecule has 1 rings (SSSR count). The van der Waals surface area contributed by atoms with Crippen molar-refractivity contribution in [3.8, 4) is 0 Å². The molecule has 3 N–H and O–H groups in total. The van der Waals surface area contributed by atoms with E-state index >= 15 is 0 Å². The molecular weight excluding hydrogens is 263 g/mol. The highest BCUT2D eigenvalue weighted by molar-refractivity contribution is 5.76. The van der Waals surface area contributed by atoms with Crippen molar-refractivity contribution >= 4 is 17.7 Å². The van der Waals surface area contributed by atoms with Crippen molar-refractivity contribution in [1.82, 2.24) is 14.9 Å². The van der Waals surface area contributed by atoms with Crippen molar-refractivity contribution in [2.24, 2.45) is 0 Å². The number of hydrogen-bond acceptors (Lipinski definition) is 5. The third kappa shape index (κ3) is 4.60. The second kappa shape index (κ2) is 5.72. The summed E-state index contributed by atoms with van der Waals surface area (Å²) in [5.41, 5.74) is 4.07. The third-order valence-electron chi connectivity index (χ3n) is 2.18. The van der Waals surface area contributed by atoms with E-state index in [1.54, 1.807) is 14.1 Å². The van der Waals surface area contributed by atoms with E-state index in [2.05, 4.69) is 15.3 Å². The Hall–Kier alpha value is -2.06. The molecule has 0 radical (unpaired) electrons. The van der Waals surface area contributed by atoms with Crippen LogP contribution in [0.2, 0.25) is 0 Å². The van der Waals surface area contributed by atoms with Gasteiger partial charge in [0.15, 0.2) is 5.69 Å². The van der Waals surface area contributed by atoms with Gasteiger partial charge in [-0.05, 0) is 0 Å². The minimum absolute atomic E-state index is 0.0635. The van der Waals surface area contributed by atoms with E-state index in [-0.39, 0.29) is 24.7 Å². The van der Waals surface area contributed by atoms with Crippen LogP contribution in [0.3, 0.4) is 0 Å². The Balaban J connectivity index is 2.69. The molecule has 0 aliphatic rings. The number of hydrogen-bond donors (Lipinski definition) is 2. The first-order valence-corrected chi connectivity index (χ1v) is 5.36. The van der Waals surface area contributed by atoms with E-state index in [1.165, 1.54) is 4.90 Å². The summed E-state index contributed by atoms with van der Waals surface area (Å²) in [6.07, 6.45) is -4.45. The van der Waals surface area contributed by atoms with E-state index in [9.17, 15) is 18.0 Å². The van der Waals surface area contributed by atoms with Gasteiger partial charge in [0.05, 0.1) is 0 Å². The molecule has 0 spiro atoms. The monoisotopic (exact) mass is 277 g/mol. The summed E-state index contributed by atoms with van der Waals surface area (Å²) in [5, 5.41) is 2.61. The SMILES string of the molecule is CN(C)C(=O)CCNc1cc(C(F)(F)F)nc(N)n1. The first kappa shape index (κ1) is 15.0. The first-order chi connectivity index (χ1) is 8.70. The molecule has 0 fully saturated rings. The minimum Gasteiger partial charge on any atom is -0.369 e. The van der Waals surface area contributed by atoms with Crippen molar-refractivity contribution in [1.29, 1.82) is 0 Å². The van der Waals surface area contributed by atoms with Crippen molar-refractivity contribution < 1.29 is 18.0 Å². The summed E-state index contributed by atoms with van der Waals surface area (Å²) in [4.78, 5) is 19.4. The number of anilines is 2. The molecule has 1 aromatic heterocycles. The average molecular weight is 277 g/mol. The number of nitrogens with two attached hydrogens (primary N) is 1. The fourth-order valence-electron chi connectivity index (χ4n) is 1.22. The average Bonchev–Trinajstić information content (AvgIpc) is 2.26. The number of alkyl halides is 3. The Bertz CT molecular complexity index is 461. The van der Waals surface area contributed by atoms with Gasteiger partial charge in [-0.3, -0.25) is 4.79 Å². The summed E-state index contributed by atoms with van der Waals surface area (Å²) in [5.74, 6) is -0.687. The van der Waals surface area contributed by atoms with Crippen LogP contribution in [0, 0.1) is 0 Å². The molecular formula is C10H14F3N5O. The summed E-state index contributed by atoms with van der Waals surface area (Å²) in [6, 6.07) is 0.747. The number of nitrogens with zero attached hydrogens (tertiary/aromatic N) is 3. The molecule has 0 aromatic carbocycles. The van der Waals surface area contributed by atoms with Crippen LogP contribution in [-0.2, 0) is 11.0 Å². The molecule has 6 nitrogen and oxygen atoms in total. The fraction of sp³-hybridized carbons (Fsp3) is 0.500. The topological polar surface area (TPSA) is 84.1 Å². The molecule has 0 aliphatic carbocycles. The van der Waals surface area contributed by atoms with Crippen molar-refractivity contribution in [2.75, 3.05) is 31.7 Å². The van der Waals surface area contributed by atoms with Crippen molar-refractivity contribution in [3.05, 3.63) is 11.8 Å². The van der Waals surface area contributed by atoms with Gasteiger partial charge in [0.25, 0.3) is 0 Å². The van der Waals surface area contributed by atoms with Crippen LogP contribution in [0.15, 0.2) is 6.07 Å². The third-order valence-corrected chi connectivity index (χ3v) is 2.18. The normalized spacial score (nSPS) is 11.2. The van der Waals surface area contributed by atoms with Gasteiger partial charge < -0.3 is 16.0 Å². The number of nitrogens with one attached hydrogen (secondary N) is 1. The largest absolute Gasteiger partial charge is 0.433 e. The van der Waals surface area contributed by atoms with Crippen LogP contribution in [0.25, 0.3) is 0 Å². The molecule has 0 atom stereocenters. The van der Waals surface area contributed by atoms with Gasteiger partial charge in [0.1, 0.15) is 5.82 Å². The Labute approximate surface area is 107 Å². The summed E-state index contributed by atoms with van der Waals surface area (Å²) < 4.78 is 37.4. The molecule has 0 saturated carbocycles. The Morgan fingerprint density at radius 2 is 2.05 bits per heavy atom. The van der Waals surface area contributed by atoms with Crippen LogP contribution >= 0.6 is 0 Å². The van der Waals surface area contributed by atoms with Gasteiger partial charge in [-0.2, -0.15) is 18.2 Å². The van der Waals surface area contributed by atoms with E-state index in [1.807, 2.05) is 0 Å². The maximum absolute atomic E-state index is 12.5. The van der Waals surface area contributed by atoms with Crippen molar-refractivity contribution in [3.63, 3.8) is 0 Å². The van der Waals surface area contributed by atoms with Crippen LogP contribution in [0.4, 0.5) is 24.9 Å². The summed E-state index contributed by atoms with van der Waals surface area (Å²) in [6.45, 7) is 0.158. The van der Waals surface area contributed by atoms with E-state index in [4.69, 9.17) is 5.73 Å². The number of halogens is 3. The van der Waals surface area contributed by atoms with Gasteiger partial charge in [-0.1, -0.05) is 0 Å². The van der Waals surface area contributed by atoms with Crippen LogP contribution < -0.4 is 11.1 Å². The Morgan fingerprint density at radius 1 is 1.42 bits per heavy atom. The lowest BCUT2D eigenvalue weighted by molar-refractivity contribution is -0.141. The Morgan fingerprint density at radius 3 is 2.58 bits per heavy atom. The zero-order valence-corrected chi connectivity index (χ0v) is 10.5. The molecule has 9 heteroatoms. The predicted molar refractivity (Wildman–Crippen MR) is 63.2 cm³/mol. The molecule has 0 saturated heterocycles. The van der Waals surface area contributed by atoms with E-state index < -0.39 is 17.8 Å². The smallest absolute Gasteiger partial charge is 0.369 e. The van der Waals surface area contributed by atoms with E-state index in [0.717, 1.165) is 6.07 Å². The molecule has 1 aromatic rings. The predicted octanol–water partition coefficient (Wildman–Crippen LogP) is 0.968. The highest BCUT2D eigenvalue weighted by atomic mass is 19.4. The lowest BCUT2D eigenvalue weighted by Crippen LogP contribution is -2.24. The number of rotatable bonds is 4. The van der Waals surface area contributed by atoms with Gasteiger partial charge in [0.2, 0.25) is 11.9 Å². The highest BCUT2D eigenvalue weighted by Crippen LogP contribution is 2.29.